The molecular formula is C28H32N4O2. The van der Waals surface area contributed by atoms with Gasteiger partial charge < -0.3 is 24.8 Å². The van der Waals surface area contributed by atoms with Crippen molar-refractivity contribution in [2.45, 2.75) is 19.5 Å². The molecule has 176 valence electrons. The number of carbonyl (C=O) groups excluding carboxylic acids is 1. The van der Waals surface area contributed by atoms with Gasteiger partial charge in [0.05, 0.1) is 24.6 Å². The van der Waals surface area contributed by atoms with Gasteiger partial charge in [-0.25, -0.2) is 0 Å². The maximum absolute atomic E-state index is 12.7. The van der Waals surface area contributed by atoms with E-state index in [0.29, 0.717) is 37.9 Å². The predicted octanol–water partition coefficient (Wildman–Crippen LogP) is 4.75. The van der Waals surface area contributed by atoms with E-state index in [-0.39, 0.29) is 5.91 Å². The van der Waals surface area contributed by atoms with E-state index in [1.807, 2.05) is 29.2 Å². The number of carbonyl (C=O) groups is 1. The van der Waals surface area contributed by atoms with Crippen molar-refractivity contribution in [1.82, 2.24) is 4.90 Å². The predicted molar refractivity (Wildman–Crippen MR) is 138 cm³/mol. The molecule has 6 heteroatoms. The summed E-state index contributed by atoms with van der Waals surface area (Å²) in [7, 11) is 2.16. The average molecular weight is 457 g/mol. The van der Waals surface area contributed by atoms with E-state index in [0.717, 1.165) is 24.5 Å². The summed E-state index contributed by atoms with van der Waals surface area (Å²) in [5.74, 6) is 0.0669. The molecule has 1 fully saturated rings. The van der Waals surface area contributed by atoms with Gasteiger partial charge in [0.15, 0.2) is 0 Å². The molecule has 1 amide bonds. The molecule has 0 aromatic heterocycles. The van der Waals surface area contributed by atoms with Crippen molar-refractivity contribution >= 4 is 28.7 Å². The van der Waals surface area contributed by atoms with Gasteiger partial charge >= 0.3 is 0 Å². The molecule has 1 saturated heterocycles. The second-order valence-corrected chi connectivity index (χ2v) is 9.15. The number of hydrogen-bond donors (Lipinski definition) is 1. The summed E-state index contributed by atoms with van der Waals surface area (Å²) < 4.78 is 5.35. The number of morpholine rings is 1. The van der Waals surface area contributed by atoms with Gasteiger partial charge in [-0.2, -0.15) is 0 Å². The molecule has 1 unspecified atom stereocenters. The number of amides is 1. The van der Waals surface area contributed by atoms with Crippen molar-refractivity contribution in [3.63, 3.8) is 0 Å². The minimum atomic E-state index is 0.0669. The van der Waals surface area contributed by atoms with Gasteiger partial charge in [-0.3, -0.25) is 4.79 Å². The Hall–Kier alpha value is -3.51. The number of rotatable bonds is 5. The number of benzene rings is 3. The molecule has 1 atom stereocenters. The van der Waals surface area contributed by atoms with Gasteiger partial charge in [0.2, 0.25) is 0 Å². The first-order valence-corrected chi connectivity index (χ1v) is 12.0. The second kappa shape index (κ2) is 9.77. The fraction of sp³-hybridized carbons (Fsp3) is 0.321. The molecule has 0 spiro atoms. The van der Waals surface area contributed by atoms with E-state index in [4.69, 9.17) is 4.74 Å². The van der Waals surface area contributed by atoms with Gasteiger partial charge in [-0.1, -0.05) is 30.3 Å². The highest BCUT2D eigenvalue weighted by Gasteiger charge is 2.26. The van der Waals surface area contributed by atoms with E-state index in [2.05, 4.69) is 77.6 Å². The van der Waals surface area contributed by atoms with E-state index >= 15 is 0 Å². The molecule has 0 bridgehead atoms. The van der Waals surface area contributed by atoms with Crippen LogP contribution in [0.4, 0.5) is 22.7 Å². The second-order valence-electron chi connectivity index (χ2n) is 9.15. The van der Waals surface area contributed by atoms with Crippen LogP contribution < -0.4 is 15.1 Å². The third-order valence-electron chi connectivity index (χ3n) is 6.68. The minimum absolute atomic E-state index is 0.0669. The van der Waals surface area contributed by atoms with Crippen LogP contribution >= 0.6 is 0 Å². The smallest absolute Gasteiger partial charge is 0.254 e. The van der Waals surface area contributed by atoms with Gasteiger partial charge in [0, 0.05) is 56.2 Å². The third kappa shape index (κ3) is 4.73. The van der Waals surface area contributed by atoms with Gasteiger partial charge in [-0.15, -0.1) is 0 Å². The normalized spacial score (nSPS) is 17.9. The monoisotopic (exact) mass is 456 g/mol. The summed E-state index contributed by atoms with van der Waals surface area (Å²) >= 11 is 0. The lowest BCUT2D eigenvalue weighted by molar-refractivity contribution is 0.0303. The molecule has 3 aromatic carbocycles. The van der Waals surface area contributed by atoms with Crippen molar-refractivity contribution in [2.75, 3.05) is 55.0 Å². The highest BCUT2D eigenvalue weighted by molar-refractivity contribution is 5.94. The van der Waals surface area contributed by atoms with E-state index in [9.17, 15) is 4.79 Å². The zero-order valence-corrected chi connectivity index (χ0v) is 19.9. The molecule has 2 heterocycles. The molecule has 5 rings (SSSR count). The van der Waals surface area contributed by atoms with Crippen LogP contribution in [-0.2, 0) is 11.3 Å². The summed E-state index contributed by atoms with van der Waals surface area (Å²) in [6.07, 6.45) is 0. The van der Waals surface area contributed by atoms with E-state index in [1.54, 1.807) is 0 Å². The summed E-state index contributed by atoms with van der Waals surface area (Å²) in [6.45, 7) is 6.68. The van der Waals surface area contributed by atoms with Crippen LogP contribution in [0.5, 0.6) is 0 Å². The Balaban J connectivity index is 1.34. The highest BCUT2D eigenvalue weighted by atomic mass is 16.5. The lowest BCUT2D eigenvalue weighted by Crippen LogP contribution is -2.45. The molecular weight excluding hydrogens is 424 g/mol. The number of ether oxygens (including phenoxy) is 1. The van der Waals surface area contributed by atoms with Crippen molar-refractivity contribution in [3.05, 3.63) is 83.9 Å². The van der Waals surface area contributed by atoms with E-state index in [1.165, 1.54) is 16.9 Å². The van der Waals surface area contributed by atoms with Crippen LogP contribution in [-0.4, -0.2) is 56.7 Å². The number of nitrogens with one attached hydrogen (secondary N) is 1. The third-order valence-corrected chi connectivity index (χ3v) is 6.68. The quantitative estimate of drug-likeness (QED) is 0.601. The largest absolute Gasteiger partial charge is 0.378 e. The van der Waals surface area contributed by atoms with Crippen molar-refractivity contribution in [1.29, 1.82) is 0 Å². The molecule has 0 radical (unpaired) electrons. The van der Waals surface area contributed by atoms with E-state index < -0.39 is 0 Å². The molecule has 0 aliphatic carbocycles. The van der Waals surface area contributed by atoms with Gasteiger partial charge in [0.25, 0.3) is 5.91 Å². The average Bonchev–Trinajstić information content (AvgIpc) is 2.87. The summed E-state index contributed by atoms with van der Waals surface area (Å²) in [6, 6.07) is 25.3. The Morgan fingerprint density at radius 3 is 2.38 bits per heavy atom. The highest BCUT2D eigenvalue weighted by Crippen LogP contribution is 2.38. The van der Waals surface area contributed by atoms with Crippen molar-refractivity contribution in [2.24, 2.45) is 0 Å². The van der Waals surface area contributed by atoms with Crippen LogP contribution in [0, 0.1) is 0 Å². The molecule has 2 aliphatic rings. The Bertz CT molecular complexity index is 1130. The number of likely N-dealkylation sites (N-methyl/N-ethyl adjacent to an activating group) is 1. The Kier molecular flexibility index (Phi) is 6.41. The maximum Gasteiger partial charge on any atom is 0.254 e. The number of fused-ring (bicyclic) bond motifs is 1. The van der Waals surface area contributed by atoms with Crippen LogP contribution in [0.2, 0.25) is 0 Å². The Morgan fingerprint density at radius 2 is 1.65 bits per heavy atom. The molecule has 2 aliphatic heterocycles. The zero-order chi connectivity index (χ0) is 23.5. The first-order chi connectivity index (χ1) is 16.6. The summed E-state index contributed by atoms with van der Waals surface area (Å²) in [5.41, 5.74) is 6.49. The van der Waals surface area contributed by atoms with Crippen LogP contribution in [0.15, 0.2) is 72.8 Å². The lowest BCUT2D eigenvalue weighted by atomic mass is 10.1. The molecule has 6 nitrogen and oxygen atoms in total. The SMILES string of the molecule is CC1CN(C)c2ccc(Nc3ccc(C(=O)N4CCOCC4)cc3)cc2N1Cc1ccccc1. The Morgan fingerprint density at radius 1 is 0.941 bits per heavy atom. The van der Waals surface area contributed by atoms with Crippen LogP contribution in [0.3, 0.4) is 0 Å². The standard InChI is InChI=1S/C28H32N4O2/c1-21-19-30(2)26-13-12-25(18-27(26)32(21)20-22-6-4-3-5-7-22)29-24-10-8-23(9-11-24)28(33)31-14-16-34-17-15-31/h3-13,18,21,29H,14-17,19-20H2,1-2H3. The molecule has 34 heavy (non-hydrogen) atoms. The topological polar surface area (TPSA) is 48.1 Å². The minimum Gasteiger partial charge on any atom is -0.378 e. The zero-order valence-electron chi connectivity index (χ0n) is 19.9. The fourth-order valence-electron chi connectivity index (χ4n) is 4.82. The first kappa shape index (κ1) is 22.3. The van der Waals surface area contributed by atoms with Crippen molar-refractivity contribution in [3.8, 4) is 0 Å². The first-order valence-electron chi connectivity index (χ1n) is 12.0. The number of hydrogen-bond acceptors (Lipinski definition) is 5. The fourth-order valence-corrected chi connectivity index (χ4v) is 4.82. The van der Waals surface area contributed by atoms with Crippen molar-refractivity contribution < 1.29 is 9.53 Å². The summed E-state index contributed by atoms with van der Waals surface area (Å²) in [4.78, 5) is 19.4. The molecule has 1 N–H and O–H groups in total. The molecule has 0 saturated carbocycles. The van der Waals surface area contributed by atoms with Gasteiger partial charge in [-0.05, 0) is 55.0 Å². The molecule has 3 aromatic rings. The van der Waals surface area contributed by atoms with Crippen LogP contribution in [0.1, 0.15) is 22.8 Å². The number of anilines is 4. The number of nitrogens with zero attached hydrogens (tertiary/aromatic N) is 3. The van der Waals surface area contributed by atoms with Gasteiger partial charge in [0.1, 0.15) is 0 Å². The maximum atomic E-state index is 12.7. The lowest BCUT2D eigenvalue weighted by Gasteiger charge is -2.42. The Labute approximate surface area is 201 Å². The van der Waals surface area contributed by atoms with Crippen LogP contribution in [0.25, 0.3) is 0 Å². The summed E-state index contributed by atoms with van der Waals surface area (Å²) in [5, 5.41) is 3.52.